The Morgan fingerprint density at radius 2 is 1.83 bits per heavy atom. The summed E-state index contributed by atoms with van der Waals surface area (Å²) in [5.74, 6) is 2.26. The van der Waals surface area contributed by atoms with Gasteiger partial charge in [0.1, 0.15) is 17.7 Å². The number of nitrogens with one attached hydrogen (secondary N) is 3. The Labute approximate surface area is 279 Å². The zero-order valence-corrected chi connectivity index (χ0v) is 27.1. The molecule has 1 saturated heterocycles. The van der Waals surface area contributed by atoms with Crippen LogP contribution in [0.15, 0.2) is 66.7 Å². The number of hydrogen-bond donors (Lipinski definition) is 4. The fourth-order valence-corrected chi connectivity index (χ4v) is 5.82. The van der Waals surface area contributed by atoms with Gasteiger partial charge in [0.2, 0.25) is 17.8 Å². The van der Waals surface area contributed by atoms with Gasteiger partial charge in [0.25, 0.3) is 5.91 Å². The van der Waals surface area contributed by atoms with E-state index < -0.39 is 0 Å². The molecule has 0 radical (unpaired) electrons. The lowest BCUT2D eigenvalue weighted by Gasteiger charge is -2.38. The summed E-state index contributed by atoms with van der Waals surface area (Å²) in [5, 5.41) is 9.33. The minimum Gasteiger partial charge on any atom is -0.493 e. The molecule has 5 aliphatic rings. The number of carbonyl (C=O) groups excluding carboxylic acids is 2. The van der Waals surface area contributed by atoms with Crippen LogP contribution in [0.3, 0.4) is 0 Å². The third-order valence-corrected chi connectivity index (χ3v) is 8.25. The number of nitrogens with zero attached hydrogens (tertiary/aromatic N) is 4. The van der Waals surface area contributed by atoms with E-state index >= 15 is 0 Å². The number of aryl methyl sites for hydroxylation is 2. The van der Waals surface area contributed by atoms with Crippen molar-refractivity contribution in [3.63, 3.8) is 0 Å². The highest BCUT2D eigenvalue weighted by molar-refractivity contribution is 5.78. The van der Waals surface area contributed by atoms with E-state index in [1.165, 1.54) is 0 Å². The Kier molecular flexibility index (Phi) is 10.1. The van der Waals surface area contributed by atoms with Gasteiger partial charge in [0.15, 0.2) is 18.1 Å². The third-order valence-electron chi connectivity index (χ3n) is 8.25. The summed E-state index contributed by atoms with van der Waals surface area (Å²) in [6.07, 6.45) is 1.20. The molecular formula is C35H40N8O5. The summed E-state index contributed by atoms with van der Waals surface area (Å²) in [6.45, 7) is 3.76. The monoisotopic (exact) mass is 652 g/mol. The molecule has 13 heteroatoms. The van der Waals surface area contributed by atoms with E-state index in [-0.39, 0.29) is 36.5 Å². The van der Waals surface area contributed by atoms with E-state index in [9.17, 15) is 9.59 Å². The predicted molar refractivity (Wildman–Crippen MR) is 180 cm³/mol. The van der Waals surface area contributed by atoms with E-state index in [1.807, 2.05) is 67.6 Å². The summed E-state index contributed by atoms with van der Waals surface area (Å²) in [5.41, 5.74) is 9.91. The van der Waals surface area contributed by atoms with Gasteiger partial charge in [-0.2, -0.15) is 15.0 Å². The quantitative estimate of drug-likeness (QED) is 0.250. The molecule has 4 bridgehead atoms. The van der Waals surface area contributed by atoms with Crippen molar-refractivity contribution in [2.45, 2.75) is 51.4 Å². The first kappa shape index (κ1) is 32.5. The van der Waals surface area contributed by atoms with E-state index in [1.54, 1.807) is 13.2 Å². The van der Waals surface area contributed by atoms with Crippen LogP contribution in [0, 0.1) is 6.92 Å². The molecule has 250 valence electrons. The van der Waals surface area contributed by atoms with Crippen molar-refractivity contribution in [2.24, 2.45) is 0 Å². The fraction of sp³-hybridized carbons (Fsp3) is 0.343. The van der Waals surface area contributed by atoms with Crippen molar-refractivity contribution >= 4 is 29.4 Å². The number of methoxy groups -OCH3 is 1. The number of ether oxygens (including phenoxy) is 3. The molecule has 2 atom stereocenters. The van der Waals surface area contributed by atoms with Gasteiger partial charge in [-0.3, -0.25) is 14.5 Å². The van der Waals surface area contributed by atoms with Gasteiger partial charge >= 0.3 is 0 Å². The minimum absolute atomic E-state index is 0.0473. The molecule has 0 unspecified atom stereocenters. The largest absolute Gasteiger partial charge is 0.493 e. The lowest BCUT2D eigenvalue weighted by Crippen LogP contribution is -2.57. The summed E-state index contributed by atoms with van der Waals surface area (Å²) >= 11 is 0. The topological polar surface area (TPSA) is 166 Å². The van der Waals surface area contributed by atoms with Crippen LogP contribution in [-0.2, 0) is 29.1 Å². The zero-order valence-electron chi connectivity index (χ0n) is 27.1. The Morgan fingerprint density at radius 3 is 2.65 bits per heavy atom. The number of nitrogens with two attached hydrogens (primary N) is 1. The number of likely N-dealkylation sites (tertiary alicyclic amines) is 1. The molecule has 48 heavy (non-hydrogen) atoms. The maximum absolute atomic E-state index is 13.3. The average molecular weight is 653 g/mol. The maximum atomic E-state index is 13.3. The number of carbonyl (C=O) groups is 2. The molecule has 0 saturated carbocycles. The molecule has 6 heterocycles. The van der Waals surface area contributed by atoms with Gasteiger partial charge < -0.3 is 35.9 Å². The Balaban J connectivity index is 1.19. The normalized spacial score (nSPS) is 18.9. The van der Waals surface area contributed by atoms with Gasteiger partial charge in [-0.25, -0.2) is 0 Å². The van der Waals surface area contributed by atoms with E-state index in [0.717, 1.165) is 22.4 Å². The second kappa shape index (κ2) is 15.0. The minimum atomic E-state index is -0.368. The molecule has 3 aromatic carbocycles. The predicted octanol–water partition coefficient (Wildman–Crippen LogP) is 3.29. The third kappa shape index (κ3) is 8.68. The van der Waals surface area contributed by atoms with Crippen LogP contribution in [0.1, 0.15) is 35.4 Å². The second-order valence-corrected chi connectivity index (χ2v) is 12.0. The highest BCUT2D eigenvalue weighted by Gasteiger charge is 2.33. The first-order valence-corrected chi connectivity index (χ1v) is 16.0. The van der Waals surface area contributed by atoms with Gasteiger partial charge in [0.05, 0.1) is 19.7 Å². The Morgan fingerprint density at radius 1 is 1.00 bits per heavy atom. The van der Waals surface area contributed by atoms with Crippen molar-refractivity contribution in [3.05, 3.63) is 89.2 Å². The first-order chi connectivity index (χ1) is 23.3. The first-order valence-electron chi connectivity index (χ1n) is 16.0. The van der Waals surface area contributed by atoms with Crippen LogP contribution in [0.25, 0.3) is 0 Å². The van der Waals surface area contributed by atoms with E-state index in [4.69, 9.17) is 19.9 Å². The van der Waals surface area contributed by atoms with Crippen molar-refractivity contribution in [1.29, 1.82) is 0 Å². The highest BCUT2D eigenvalue weighted by Crippen LogP contribution is 2.29. The van der Waals surface area contributed by atoms with Crippen LogP contribution in [0.2, 0.25) is 0 Å². The fourth-order valence-electron chi connectivity index (χ4n) is 5.82. The molecule has 2 amide bonds. The summed E-state index contributed by atoms with van der Waals surface area (Å²) in [6, 6.07) is 20.6. The van der Waals surface area contributed by atoms with Crippen molar-refractivity contribution in [1.82, 2.24) is 30.5 Å². The molecular weight excluding hydrogens is 612 g/mol. The number of hydrogen-bond acceptors (Lipinski definition) is 11. The van der Waals surface area contributed by atoms with E-state index in [2.05, 4.69) is 35.8 Å². The van der Waals surface area contributed by atoms with Crippen LogP contribution in [-0.4, -0.2) is 70.6 Å². The van der Waals surface area contributed by atoms with Crippen molar-refractivity contribution in [3.8, 4) is 17.2 Å². The number of aromatic nitrogens is 3. The highest BCUT2D eigenvalue weighted by atomic mass is 16.5. The number of piperidine rings is 1. The van der Waals surface area contributed by atoms with E-state index in [0.29, 0.717) is 74.5 Å². The van der Waals surface area contributed by atoms with Crippen LogP contribution >= 0.6 is 0 Å². The Bertz CT molecular complexity index is 1750. The van der Waals surface area contributed by atoms with Gasteiger partial charge in [-0.05, 0) is 72.9 Å². The summed E-state index contributed by atoms with van der Waals surface area (Å²) < 4.78 is 17.8. The van der Waals surface area contributed by atoms with Crippen molar-refractivity contribution in [2.75, 3.05) is 37.9 Å². The van der Waals surface area contributed by atoms with Gasteiger partial charge in [-0.1, -0.05) is 30.3 Å². The van der Waals surface area contributed by atoms with Gasteiger partial charge in [0, 0.05) is 31.7 Å². The molecule has 0 aliphatic carbocycles. The zero-order chi connectivity index (χ0) is 33.5. The molecule has 5 aliphatic heterocycles. The summed E-state index contributed by atoms with van der Waals surface area (Å²) in [7, 11) is 1.54. The molecule has 13 nitrogen and oxygen atoms in total. The number of amides is 2. The van der Waals surface area contributed by atoms with Crippen LogP contribution < -0.4 is 35.9 Å². The molecule has 5 N–H and O–H groups in total. The lowest BCUT2D eigenvalue weighted by molar-refractivity contribution is -0.125. The number of anilines is 3. The molecule has 9 rings (SSSR count). The summed E-state index contributed by atoms with van der Waals surface area (Å²) in [4.78, 5) is 41.2. The second-order valence-electron chi connectivity index (χ2n) is 12.0. The lowest BCUT2D eigenvalue weighted by atomic mass is 10.0. The standard InChI is InChI=1S/C35H40N8O5/c1-22-4-3-5-25(16-22)38-35-41-31(40-34(36)42-35)20-43-15-14-28-27(19-43)39-33(45)21-47-29-12-8-23(17-30(29)46-2)9-13-32(44)37-18-24-6-10-26(48-28)11-7-24/h3-8,10-12,16-17,27-28H,9,13-15,18-21H2,1-2H3,(H,37,44)(H,39,45)(H3,36,38,40,41,42)/t27-,28-/m1/s1. The average Bonchev–Trinajstić information content (AvgIpc) is 3.06. The van der Waals surface area contributed by atoms with Crippen molar-refractivity contribution < 1.29 is 23.8 Å². The molecule has 1 fully saturated rings. The smallest absolute Gasteiger partial charge is 0.258 e. The van der Waals surface area contributed by atoms with Crippen LogP contribution in [0.4, 0.5) is 17.6 Å². The van der Waals surface area contributed by atoms with Gasteiger partial charge in [-0.15, -0.1) is 0 Å². The Hall–Kier alpha value is -5.43. The SMILES string of the molecule is COc1cc2ccc1OCC(=O)N[C@@H]1CN(Cc3nc(N)nc(Nc4cccc(C)c4)n3)CC[C@H]1Oc1ccc(cc1)CNC(=O)CC2. The molecule has 4 aromatic rings. The number of benzene rings is 3. The maximum Gasteiger partial charge on any atom is 0.258 e. The van der Waals surface area contributed by atoms with Crippen LogP contribution in [0.5, 0.6) is 17.2 Å². The number of rotatable bonds is 5. The number of nitrogen functional groups attached to an aromatic ring is 1. The molecule has 0 spiro atoms. The molecule has 1 aromatic heterocycles.